The summed E-state index contributed by atoms with van der Waals surface area (Å²) in [6.07, 6.45) is 4.46. The van der Waals surface area contributed by atoms with Crippen molar-refractivity contribution in [3.63, 3.8) is 0 Å². The van der Waals surface area contributed by atoms with Gasteiger partial charge in [0.1, 0.15) is 4.64 Å². The molecule has 2 rings (SSSR count). The Morgan fingerprint density at radius 3 is 2.88 bits per heavy atom. The Bertz CT molecular complexity index is 743. The van der Waals surface area contributed by atoms with Crippen LogP contribution in [0.3, 0.4) is 0 Å². The molecule has 128 valence electrons. The molecular weight excluding hydrogens is 322 g/mol. The first-order valence-electron chi connectivity index (χ1n) is 8.03. The van der Waals surface area contributed by atoms with Gasteiger partial charge in [-0.05, 0) is 43.0 Å². The van der Waals surface area contributed by atoms with E-state index in [1.165, 1.54) is 0 Å². The molecule has 2 aromatic heterocycles. The maximum Gasteiger partial charge on any atom is 0.254 e. The summed E-state index contributed by atoms with van der Waals surface area (Å²) < 4.78 is 6.26. The van der Waals surface area contributed by atoms with Gasteiger partial charge in [-0.1, -0.05) is 26.1 Å². The molecule has 6 heteroatoms. The van der Waals surface area contributed by atoms with Gasteiger partial charge in [0, 0.05) is 25.0 Å². The average Bonchev–Trinajstić information content (AvgIpc) is 2.52. The topological polar surface area (TPSA) is 67.0 Å². The van der Waals surface area contributed by atoms with E-state index in [2.05, 4.69) is 29.1 Å². The molecule has 0 aromatic carbocycles. The third kappa shape index (κ3) is 5.45. The number of aromatic amines is 1. The predicted octanol–water partition coefficient (Wildman–Crippen LogP) is 3.88. The van der Waals surface area contributed by atoms with Crippen LogP contribution in [0.1, 0.15) is 43.1 Å². The van der Waals surface area contributed by atoms with Gasteiger partial charge in [-0.3, -0.25) is 4.79 Å². The zero-order valence-electron chi connectivity index (χ0n) is 14.2. The zero-order chi connectivity index (χ0) is 17.5. The molecule has 0 saturated carbocycles. The van der Waals surface area contributed by atoms with Gasteiger partial charge >= 0.3 is 0 Å². The second kappa shape index (κ2) is 8.59. The predicted molar refractivity (Wildman–Crippen MR) is 96.6 cm³/mol. The molecule has 2 N–H and O–H groups in total. The van der Waals surface area contributed by atoms with Crippen molar-refractivity contribution in [1.29, 1.82) is 0 Å². The van der Waals surface area contributed by atoms with Gasteiger partial charge in [0.15, 0.2) is 0 Å². The average molecular weight is 345 g/mol. The summed E-state index contributed by atoms with van der Waals surface area (Å²) in [7, 11) is 0. The number of carbonyl (C=O) groups is 1. The zero-order valence-corrected chi connectivity index (χ0v) is 15.0. The Morgan fingerprint density at radius 2 is 2.17 bits per heavy atom. The van der Waals surface area contributed by atoms with Crippen molar-refractivity contribution in [2.75, 3.05) is 0 Å². The molecule has 2 heterocycles. The van der Waals surface area contributed by atoms with E-state index in [0.717, 1.165) is 12.0 Å². The third-order valence-electron chi connectivity index (χ3n) is 3.44. The van der Waals surface area contributed by atoms with E-state index in [0.29, 0.717) is 28.5 Å². The highest BCUT2D eigenvalue weighted by Crippen LogP contribution is 2.15. The van der Waals surface area contributed by atoms with Crippen LogP contribution in [0.25, 0.3) is 0 Å². The van der Waals surface area contributed by atoms with E-state index >= 15 is 0 Å². The van der Waals surface area contributed by atoms with E-state index in [9.17, 15) is 4.79 Å². The molecule has 24 heavy (non-hydrogen) atoms. The smallest absolute Gasteiger partial charge is 0.254 e. The molecule has 0 aliphatic rings. The van der Waals surface area contributed by atoms with E-state index in [-0.39, 0.29) is 12.0 Å². The Hall–Kier alpha value is -2.21. The van der Waals surface area contributed by atoms with Gasteiger partial charge in [0.05, 0.1) is 11.7 Å². The van der Waals surface area contributed by atoms with Crippen molar-refractivity contribution in [1.82, 2.24) is 15.3 Å². The van der Waals surface area contributed by atoms with Crippen LogP contribution in [0, 0.1) is 10.6 Å². The van der Waals surface area contributed by atoms with Crippen LogP contribution in [-0.2, 0) is 6.54 Å². The summed E-state index contributed by atoms with van der Waals surface area (Å²) in [5.41, 5.74) is 1.39. The van der Waals surface area contributed by atoms with Crippen LogP contribution in [0.2, 0.25) is 0 Å². The number of rotatable bonds is 7. The fourth-order valence-electron chi connectivity index (χ4n) is 2.42. The highest BCUT2D eigenvalue weighted by Gasteiger charge is 2.10. The van der Waals surface area contributed by atoms with E-state index in [1.807, 2.05) is 19.1 Å². The van der Waals surface area contributed by atoms with Gasteiger partial charge in [-0.2, -0.15) is 0 Å². The molecule has 2 aromatic rings. The lowest BCUT2D eigenvalue weighted by Crippen LogP contribution is -2.23. The molecule has 0 fully saturated rings. The maximum absolute atomic E-state index is 12.2. The molecule has 1 amide bonds. The summed E-state index contributed by atoms with van der Waals surface area (Å²) in [6.45, 7) is 6.74. The number of hydrogen-bond acceptors (Lipinski definition) is 4. The summed E-state index contributed by atoms with van der Waals surface area (Å²) in [5.74, 6) is 0.939. The number of nitrogens with one attached hydrogen (secondary N) is 2. The highest BCUT2D eigenvalue weighted by molar-refractivity contribution is 7.71. The monoisotopic (exact) mass is 345 g/mol. The van der Waals surface area contributed by atoms with Crippen molar-refractivity contribution < 1.29 is 9.53 Å². The third-order valence-corrected chi connectivity index (χ3v) is 3.78. The minimum absolute atomic E-state index is 0.102. The van der Waals surface area contributed by atoms with Crippen molar-refractivity contribution >= 4 is 18.1 Å². The number of amides is 1. The van der Waals surface area contributed by atoms with Crippen molar-refractivity contribution in [2.24, 2.45) is 5.92 Å². The molecule has 0 aliphatic carbocycles. The molecule has 5 nitrogen and oxygen atoms in total. The van der Waals surface area contributed by atoms with Crippen LogP contribution >= 0.6 is 12.2 Å². The first-order valence-corrected chi connectivity index (χ1v) is 8.44. The number of carbonyl (C=O) groups excluding carboxylic acids is 1. The Balaban J connectivity index is 1.96. The summed E-state index contributed by atoms with van der Waals surface area (Å²) in [5, 5.41) is 2.86. The lowest BCUT2D eigenvalue weighted by molar-refractivity contribution is 0.0950. The lowest BCUT2D eigenvalue weighted by atomic mass is 10.1. The van der Waals surface area contributed by atoms with Gasteiger partial charge < -0.3 is 15.0 Å². The number of hydrogen-bond donors (Lipinski definition) is 2. The van der Waals surface area contributed by atoms with E-state index in [4.69, 9.17) is 17.0 Å². The van der Waals surface area contributed by atoms with Gasteiger partial charge in [-0.15, -0.1) is 0 Å². The maximum atomic E-state index is 12.2. The fourth-order valence-corrected chi connectivity index (χ4v) is 2.65. The number of aromatic nitrogens is 2. The van der Waals surface area contributed by atoms with Gasteiger partial charge in [0.2, 0.25) is 5.88 Å². The standard InChI is InChI=1S/C18H23N3O2S/c1-12(2)9-13(3)23-16-10-14(6-8-19-16)11-21-17(22)15-5-4-7-20-18(15)24/h4-8,10,12-13H,9,11H2,1-3H3,(H,20,24)(H,21,22). The van der Waals surface area contributed by atoms with Crippen LogP contribution in [0.4, 0.5) is 0 Å². The summed E-state index contributed by atoms with van der Waals surface area (Å²) >= 11 is 5.12. The minimum atomic E-state index is -0.204. The second-order valence-corrected chi connectivity index (χ2v) is 6.56. The van der Waals surface area contributed by atoms with Gasteiger partial charge in [-0.25, -0.2) is 4.98 Å². The largest absolute Gasteiger partial charge is 0.475 e. The molecule has 1 unspecified atom stereocenters. The molecule has 0 bridgehead atoms. The highest BCUT2D eigenvalue weighted by atomic mass is 32.1. The molecule has 0 spiro atoms. The summed E-state index contributed by atoms with van der Waals surface area (Å²) in [4.78, 5) is 19.3. The fraction of sp³-hybridized carbons (Fsp3) is 0.389. The van der Waals surface area contributed by atoms with Crippen LogP contribution in [0.15, 0.2) is 36.7 Å². The number of nitrogens with zero attached hydrogens (tertiary/aromatic N) is 1. The minimum Gasteiger partial charge on any atom is -0.475 e. The Morgan fingerprint density at radius 1 is 1.38 bits per heavy atom. The number of ether oxygens (including phenoxy) is 1. The van der Waals surface area contributed by atoms with E-state index in [1.54, 1.807) is 24.5 Å². The van der Waals surface area contributed by atoms with Crippen LogP contribution < -0.4 is 10.1 Å². The lowest BCUT2D eigenvalue weighted by Gasteiger charge is -2.16. The van der Waals surface area contributed by atoms with Gasteiger partial charge in [0.25, 0.3) is 5.91 Å². The molecule has 0 aliphatic heterocycles. The number of pyridine rings is 2. The Kier molecular flexibility index (Phi) is 6.49. The van der Waals surface area contributed by atoms with Crippen molar-refractivity contribution in [3.05, 3.63) is 52.4 Å². The normalized spacial score (nSPS) is 12.0. The summed E-state index contributed by atoms with van der Waals surface area (Å²) in [6, 6.07) is 7.15. The molecule has 0 saturated heterocycles. The first-order chi connectivity index (χ1) is 11.5. The van der Waals surface area contributed by atoms with Crippen LogP contribution in [0.5, 0.6) is 5.88 Å². The molecular formula is C18H23N3O2S. The van der Waals surface area contributed by atoms with Crippen molar-refractivity contribution in [3.8, 4) is 5.88 Å². The SMILES string of the molecule is CC(C)CC(C)Oc1cc(CNC(=O)c2ccc[nH]c2=S)ccn1. The quantitative estimate of drug-likeness (QED) is 0.747. The molecule has 0 radical (unpaired) electrons. The Labute approximate surface area is 147 Å². The van der Waals surface area contributed by atoms with Crippen LogP contribution in [-0.4, -0.2) is 22.0 Å². The van der Waals surface area contributed by atoms with Crippen molar-refractivity contribution in [2.45, 2.75) is 39.8 Å². The second-order valence-electron chi connectivity index (χ2n) is 6.16. The number of H-pyrrole nitrogens is 1. The first kappa shape index (κ1) is 18.1. The van der Waals surface area contributed by atoms with E-state index < -0.39 is 0 Å². The molecule has 1 atom stereocenters.